The maximum absolute atomic E-state index is 10.6. The first-order valence-corrected chi connectivity index (χ1v) is 5.38. The average Bonchev–Trinajstić information content (AvgIpc) is 2.26. The van der Waals surface area contributed by atoms with Crippen LogP contribution >= 0.6 is 15.9 Å². The molecule has 3 N–H and O–H groups in total. The number of aromatic nitrogens is 2. The highest BCUT2D eigenvalue weighted by molar-refractivity contribution is 9.10. The summed E-state index contributed by atoms with van der Waals surface area (Å²) in [5, 5.41) is 21.6. The van der Waals surface area contributed by atoms with E-state index in [4.69, 9.17) is 0 Å². The van der Waals surface area contributed by atoms with Crippen molar-refractivity contribution < 1.29 is 15.0 Å². The van der Waals surface area contributed by atoms with E-state index in [1.54, 1.807) is 0 Å². The molecule has 0 fully saturated rings. The lowest BCUT2D eigenvalue weighted by atomic mass is 10.1. The van der Waals surface area contributed by atoms with E-state index >= 15 is 0 Å². The molecule has 16 heavy (non-hydrogen) atoms. The van der Waals surface area contributed by atoms with Crippen LogP contribution < -0.4 is 5.32 Å². The Morgan fingerprint density at radius 2 is 2.19 bits per heavy atom. The molecule has 1 aromatic rings. The van der Waals surface area contributed by atoms with Crippen molar-refractivity contribution in [1.29, 1.82) is 0 Å². The molecule has 1 amide bonds. The number of nitrogens with one attached hydrogen (secondary N) is 1. The van der Waals surface area contributed by atoms with Gasteiger partial charge in [0.2, 0.25) is 5.91 Å². The van der Waals surface area contributed by atoms with Crippen molar-refractivity contribution in [3.63, 3.8) is 0 Å². The third-order valence-corrected chi connectivity index (χ3v) is 2.28. The third kappa shape index (κ3) is 3.84. The minimum atomic E-state index is -1.17. The standard InChI is InChI=1S/C9H12BrN3O3/c1-5(14)11-3-7(15)9(16)6-2-13-8(10)4-12-6/h2,4,7,9,15-16H,3H2,1H3,(H,11,14). The van der Waals surface area contributed by atoms with Gasteiger partial charge in [-0.05, 0) is 15.9 Å². The van der Waals surface area contributed by atoms with Gasteiger partial charge in [0, 0.05) is 13.5 Å². The number of halogens is 1. The smallest absolute Gasteiger partial charge is 0.216 e. The SMILES string of the molecule is CC(=O)NCC(O)C(O)c1cnc(Br)cn1. The van der Waals surface area contributed by atoms with Crippen LogP contribution in [0.15, 0.2) is 17.0 Å². The lowest BCUT2D eigenvalue weighted by molar-refractivity contribution is -0.119. The Balaban J connectivity index is 2.59. The lowest BCUT2D eigenvalue weighted by Crippen LogP contribution is -2.34. The number of carbonyl (C=O) groups is 1. The first-order chi connectivity index (χ1) is 7.50. The van der Waals surface area contributed by atoms with Gasteiger partial charge in [0.1, 0.15) is 16.8 Å². The van der Waals surface area contributed by atoms with E-state index in [9.17, 15) is 15.0 Å². The van der Waals surface area contributed by atoms with Crippen molar-refractivity contribution in [2.75, 3.05) is 6.54 Å². The average molecular weight is 290 g/mol. The Morgan fingerprint density at radius 3 is 2.69 bits per heavy atom. The Labute approximate surface area is 101 Å². The van der Waals surface area contributed by atoms with E-state index in [0.29, 0.717) is 4.60 Å². The Morgan fingerprint density at radius 1 is 1.50 bits per heavy atom. The largest absolute Gasteiger partial charge is 0.388 e. The van der Waals surface area contributed by atoms with Crippen molar-refractivity contribution in [2.45, 2.75) is 19.1 Å². The molecule has 2 unspecified atom stereocenters. The number of amides is 1. The molecule has 0 spiro atoms. The van der Waals surface area contributed by atoms with Crippen LogP contribution in [-0.2, 0) is 4.79 Å². The number of rotatable bonds is 4. The maximum Gasteiger partial charge on any atom is 0.216 e. The predicted molar refractivity (Wildman–Crippen MR) is 59.4 cm³/mol. The molecule has 0 saturated carbocycles. The minimum absolute atomic E-state index is 0.0335. The number of hydrogen-bond acceptors (Lipinski definition) is 5. The van der Waals surface area contributed by atoms with Crippen LogP contribution in [0.3, 0.4) is 0 Å². The van der Waals surface area contributed by atoms with E-state index in [0.717, 1.165) is 0 Å². The van der Waals surface area contributed by atoms with Gasteiger partial charge in [0.25, 0.3) is 0 Å². The molecule has 2 atom stereocenters. The molecule has 1 heterocycles. The molecule has 0 aliphatic carbocycles. The second-order valence-electron chi connectivity index (χ2n) is 3.21. The summed E-state index contributed by atoms with van der Waals surface area (Å²) in [6.45, 7) is 1.30. The van der Waals surface area contributed by atoms with Crippen LogP contribution in [-0.4, -0.2) is 38.7 Å². The zero-order chi connectivity index (χ0) is 12.1. The van der Waals surface area contributed by atoms with E-state index in [1.807, 2.05) is 0 Å². The fraction of sp³-hybridized carbons (Fsp3) is 0.444. The van der Waals surface area contributed by atoms with Crippen LogP contribution in [0.5, 0.6) is 0 Å². The first-order valence-electron chi connectivity index (χ1n) is 4.58. The van der Waals surface area contributed by atoms with Gasteiger partial charge in [-0.1, -0.05) is 0 Å². The van der Waals surface area contributed by atoms with E-state index in [-0.39, 0.29) is 18.1 Å². The normalized spacial score (nSPS) is 14.2. The second-order valence-corrected chi connectivity index (χ2v) is 4.03. The molecular formula is C9H12BrN3O3. The van der Waals surface area contributed by atoms with E-state index in [1.165, 1.54) is 19.3 Å². The molecule has 0 radical (unpaired) electrons. The zero-order valence-corrected chi connectivity index (χ0v) is 10.2. The highest BCUT2D eigenvalue weighted by Gasteiger charge is 2.19. The summed E-state index contributed by atoms with van der Waals surface area (Å²) in [6.07, 6.45) is 0.488. The monoisotopic (exact) mass is 289 g/mol. The van der Waals surface area contributed by atoms with Crippen LogP contribution in [0.4, 0.5) is 0 Å². The van der Waals surface area contributed by atoms with Gasteiger partial charge in [-0.15, -0.1) is 0 Å². The molecule has 6 nitrogen and oxygen atoms in total. The highest BCUT2D eigenvalue weighted by atomic mass is 79.9. The Hall–Kier alpha value is -1.05. The van der Waals surface area contributed by atoms with Gasteiger partial charge in [0.15, 0.2) is 0 Å². The van der Waals surface area contributed by atoms with Crippen molar-refractivity contribution in [1.82, 2.24) is 15.3 Å². The summed E-state index contributed by atoms with van der Waals surface area (Å²) >= 11 is 3.11. The quantitative estimate of drug-likeness (QED) is 0.712. The summed E-state index contributed by atoms with van der Waals surface area (Å²) in [6, 6.07) is 0. The van der Waals surface area contributed by atoms with Crippen LogP contribution in [0, 0.1) is 0 Å². The molecule has 7 heteroatoms. The summed E-state index contributed by atoms with van der Waals surface area (Å²) in [4.78, 5) is 18.4. The van der Waals surface area contributed by atoms with Gasteiger partial charge in [-0.3, -0.25) is 9.78 Å². The lowest BCUT2D eigenvalue weighted by Gasteiger charge is -2.16. The number of aliphatic hydroxyl groups is 2. The number of nitrogens with zero attached hydrogens (tertiary/aromatic N) is 2. The summed E-state index contributed by atoms with van der Waals surface area (Å²) in [5.74, 6) is -0.270. The van der Waals surface area contributed by atoms with Crippen molar-refractivity contribution in [2.24, 2.45) is 0 Å². The molecule has 88 valence electrons. The van der Waals surface area contributed by atoms with Crippen LogP contribution in [0.1, 0.15) is 18.7 Å². The predicted octanol–water partition coefficient (Wildman–Crippen LogP) is -0.231. The number of carbonyl (C=O) groups excluding carboxylic acids is 1. The van der Waals surface area contributed by atoms with Crippen molar-refractivity contribution in [3.8, 4) is 0 Å². The molecule has 0 bridgehead atoms. The Kier molecular flexibility index (Phi) is 4.78. The molecule has 0 saturated heterocycles. The molecular weight excluding hydrogens is 278 g/mol. The topological polar surface area (TPSA) is 95.3 Å². The van der Waals surface area contributed by atoms with Crippen LogP contribution in [0.2, 0.25) is 0 Å². The van der Waals surface area contributed by atoms with Gasteiger partial charge in [-0.2, -0.15) is 0 Å². The highest BCUT2D eigenvalue weighted by Crippen LogP contribution is 2.14. The summed E-state index contributed by atoms with van der Waals surface area (Å²) < 4.78 is 0.541. The van der Waals surface area contributed by atoms with Gasteiger partial charge < -0.3 is 15.5 Å². The fourth-order valence-electron chi connectivity index (χ4n) is 1.03. The number of hydrogen-bond donors (Lipinski definition) is 3. The Bertz CT molecular complexity index is 358. The zero-order valence-electron chi connectivity index (χ0n) is 8.59. The summed E-state index contributed by atoms with van der Waals surface area (Å²) in [5.41, 5.74) is 0.251. The second kappa shape index (κ2) is 5.88. The summed E-state index contributed by atoms with van der Waals surface area (Å²) in [7, 11) is 0. The molecule has 0 aromatic carbocycles. The van der Waals surface area contributed by atoms with Crippen LogP contribution in [0.25, 0.3) is 0 Å². The van der Waals surface area contributed by atoms with Crippen molar-refractivity contribution in [3.05, 3.63) is 22.7 Å². The first kappa shape index (κ1) is 13.0. The van der Waals surface area contributed by atoms with E-state index in [2.05, 4.69) is 31.2 Å². The molecule has 0 aliphatic rings. The maximum atomic E-state index is 10.6. The van der Waals surface area contributed by atoms with Gasteiger partial charge in [-0.25, -0.2) is 4.98 Å². The molecule has 1 rings (SSSR count). The molecule has 1 aromatic heterocycles. The third-order valence-electron chi connectivity index (χ3n) is 1.87. The van der Waals surface area contributed by atoms with Gasteiger partial charge in [0.05, 0.1) is 18.1 Å². The minimum Gasteiger partial charge on any atom is -0.388 e. The van der Waals surface area contributed by atoms with Crippen molar-refractivity contribution >= 4 is 21.8 Å². The van der Waals surface area contributed by atoms with E-state index < -0.39 is 12.2 Å². The van der Waals surface area contributed by atoms with Gasteiger partial charge >= 0.3 is 0 Å². The fourth-order valence-corrected chi connectivity index (χ4v) is 1.24. The number of aliphatic hydroxyl groups excluding tert-OH is 2. The molecule has 0 aliphatic heterocycles.